The van der Waals surface area contributed by atoms with Crippen LogP contribution in [0.1, 0.15) is 85.6 Å². The van der Waals surface area contributed by atoms with Crippen LogP contribution in [0, 0.1) is 0 Å². The molecule has 0 aliphatic rings. The van der Waals surface area contributed by atoms with Gasteiger partial charge in [0.25, 0.3) is 0 Å². The average Bonchev–Trinajstić information content (AvgIpc) is 2.79. The van der Waals surface area contributed by atoms with Crippen molar-refractivity contribution in [2.24, 2.45) is 0 Å². The number of rotatable bonds is 13. The van der Waals surface area contributed by atoms with E-state index in [-0.39, 0.29) is 22.4 Å². The first kappa shape index (κ1) is 24.4. The Balaban J connectivity index is 2.09. The zero-order valence-electron chi connectivity index (χ0n) is 19.0. The Hall–Kier alpha value is -2.82. The SMILES string of the molecule is CCCCCCCCOC(=O)c1ccccc1C(=O)c1ccc(N(CC)CC)cc1O. The lowest BCUT2D eigenvalue weighted by molar-refractivity contribution is 0.0495. The van der Waals surface area contributed by atoms with E-state index >= 15 is 0 Å². The van der Waals surface area contributed by atoms with Crippen LogP contribution in [-0.4, -0.2) is 36.6 Å². The third-order valence-corrected chi connectivity index (χ3v) is 5.48. The summed E-state index contributed by atoms with van der Waals surface area (Å²) in [5.41, 5.74) is 1.49. The van der Waals surface area contributed by atoms with Gasteiger partial charge >= 0.3 is 5.97 Å². The number of unbranched alkanes of at least 4 members (excludes halogenated alkanes) is 5. The van der Waals surface area contributed by atoms with E-state index in [0.717, 1.165) is 38.0 Å². The van der Waals surface area contributed by atoms with Crippen LogP contribution >= 0.6 is 0 Å². The van der Waals surface area contributed by atoms with Gasteiger partial charge in [-0.3, -0.25) is 4.79 Å². The summed E-state index contributed by atoms with van der Waals surface area (Å²) in [7, 11) is 0. The summed E-state index contributed by atoms with van der Waals surface area (Å²) in [6.45, 7) is 8.20. The van der Waals surface area contributed by atoms with E-state index in [1.807, 2.05) is 19.9 Å². The third-order valence-electron chi connectivity index (χ3n) is 5.48. The van der Waals surface area contributed by atoms with Crippen molar-refractivity contribution in [1.82, 2.24) is 0 Å². The Bertz CT molecular complexity index is 858. The maximum Gasteiger partial charge on any atom is 0.338 e. The third kappa shape index (κ3) is 6.84. The predicted octanol–water partition coefficient (Wildman–Crippen LogP) is 5.99. The molecule has 0 radical (unpaired) electrons. The molecule has 0 aliphatic carbocycles. The number of carbonyl (C=O) groups excluding carboxylic acids is 2. The fourth-order valence-corrected chi connectivity index (χ4v) is 3.63. The van der Waals surface area contributed by atoms with Gasteiger partial charge in [-0.1, -0.05) is 57.2 Å². The van der Waals surface area contributed by atoms with Crippen molar-refractivity contribution >= 4 is 17.4 Å². The molecule has 31 heavy (non-hydrogen) atoms. The van der Waals surface area contributed by atoms with Crippen molar-refractivity contribution in [2.45, 2.75) is 59.3 Å². The van der Waals surface area contributed by atoms with Crippen LogP contribution in [-0.2, 0) is 4.74 Å². The zero-order chi connectivity index (χ0) is 22.6. The number of phenolic OH excluding ortho intramolecular Hbond substituents is 1. The number of phenols is 1. The summed E-state index contributed by atoms with van der Waals surface area (Å²) in [4.78, 5) is 27.8. The van der Waals surface area contributed by atoms with Gasteiger partial charge in [0, 0.05) is 30.4 Å². The van der Waals surface area contributed by atoms with Crippen molar-refractivity contribution in [3.05, 3.63) is 59.2 Å². The van der Waals surface area contributed by atoms with Crippen LogP contribution in [0.2, 0.25) is 0 Å². The molecular formula is C26H35NO4. The van der Waals surface area contributed by atoms with Crippen molar-refractivity contribution in [3.8, 4) is 5.75 Å². The second-order valence-electron chi connectivity index (χ2n) is 7.65. The van der Waals surface area contributed by atoms with Gasteiger partial charge in [0.05, 0.1) is 17.7 Å². The van der Waals surface area contributed by atoms with Crippen LogP contribution in [0.15, 0.2) is 42.5 Å². The normalized spacial score (nSPS) is 10.7. The molecule has 0 bridgehead atoms. The van der Waals surface area contributed by atoms with Crippen LogP contribution in [0.25, 0.3) is 0 Å². The Kier molecular flexibility index (Phi) is 10.1. The molecule has 5 heteroatoms. The molecule has 0 fully saturated rings. The first-order valence-electron chi connectivity index (χ1n) is 11.4. The smallest absolute Gasteiger partial charge is 0.338 e. The van der Waals surface area contributed by atoms with Crippen LogP contribution < -0.4 is 4.90 Å². The number of benzene rings is 2. The molecule has 2 rings (SSSR count). The van der Waals surface area contributed by atoms with Gasteiger partial charge in [0.15, 0.2) is 5.78 Å². The number of ether oxygens (including phenoxy) is 1. The maximum atomic E-state index is 13.1. The first-order chi connectivity index (χ1) is 15.0. The number of esters is 1. The van der Waals surface area contributed by atoms with Gasteiger partial charge in [-0.2, -0.15) is 0 Å². The summed E-state index contributed by atoms with van der Waals surface area (Å²) in [5.74, 6) is -0.989. The maximum absolute atomic E-state index is 13.1. The van der Waals surface area contributed by atoms with Gasteiger partial charge in [-0.15, -0.1) is 0 Å². The van der Waals surface area contributed by atoms with Gasteiger partial charge in [-0.05, 0) is 38.5 Å². The molecule has 1 N–H and O–H groups in total. The highest BCUT2D eigenvalue weighted by molar-refractivity contribution is 6.15. The van der Waals surface area contributed by atoms with E-state index in [1.165, 1.54) is 19.3 Å². The number of carbonyl (C=O) groups is 2. The predicted molar refractivity (Wildman–Crippen MR) is 125 cm³/mol. The second-order valence-corrected chi connectivity index (χ2v) is 7.65. The Morgan fingerprint density at radius 3 is 2.13 bits per heavy atom. The van der Waals surface area contributed by atoms with Crippen molar-refractivity contribution in [2.75, 3.05) is 24.6 Å². The van der Waals surface area contributed by atoms with Gasteiger partial charge < -0.3 is 14.7 Å². The quantitative estimate of drug-likeness (QED) is 0.243. The number of hydrogen-bond acceptors (Lipinski definition) is 5. The zero-order valence-corrected chi connectivity index (χ0v) is 19.0. The largest absolute Gasteiger partial charge is 0.507 e. The number of nitrogens with zero attached hydrogens (tertiary/aromatic N) is 1. The lowest BCUT2D eigenvalue weighted by Gasteiger charge is -2.21. The minimum atomic E-state index is -0.503. The Morgan fingerprint density at radius 1 is 0.839 bits per heavy atom. The molecule has 0 aromatic heterocycles. The number of anilines is 1. The molecule has 0 saturated carbocycles. The summed E-state index contributed by atoms with van der Waals surface area (Å²) in [6, 6.07) is 11.6. The molecule has 0 saturated heterocycles. The molecule has 0 amide bonds. The summed E-state index contributed by atoms with van der Waals surface area (Å²) < 4.78 is 5.41. The van der Waals surface area contributed by atoms with E-state index in [0.29, 0.717) is 6.61 Å². The van der Waals surface area contributed by atoms with E-state index in [2.05, 4.69) is 11.8 Å². The van der Waals surface area contributed by atoms with Crippen molar-refractivity contribution in [3.63, 3.8) is 0 Å². The molecule has 2 aromatic carbocycles. The summed E-state index contributed by atoms with van der Waals surface area (Å²) in [6.07, 6.45) is 6.63. The second kappa shape index (κ2) is 12.8. The lowest BCUT2D eigenvalue weighted by Crippen LogP contribution is -2.21. The molecule has 168 valence electrons. The van der Waals surface area contributed by atoms with E-state index in [1.54, 1.807) is 36.4 Å². The molecule has 0 atom stereocenters. The standard InChI is InChI=1S/C26H35NO4/c1-4-7-8-9-10-13-18-31-26(30)22-15-12-11-14-21(22)25(29)23-17-16-20(19-24(23)28)27(5-2)6-3/h11-12,14-17,19,28H,4-10,13,18H2,1-3H3. The Labute approximate surface area is 186 Å². The summed E-state index contributed by atoms with van der Waals surface area (Å²) >= 11 is 0. The molecular weight excluding hydrogens is 390 g/mol. The minimum absolute atomic E-state index is 0.0929. The van der Waals surface area contributed by atoms with Gasteiger partial charge in [0.2, 0.25) is 0 Å². The number of aromatic hydroxyl groups is 1. The number of hydrogen-bond donors (Lipinski definition) is 1. The van der Waals surface area contributed by atoms with Gasteiger partial charge in [-0.25, -0.2) is 4.79 Å². The molecule has 0 spiro atoms. The fourth-order valence-electron chi connectivity index (χ4n) is 3.63. The van der Waals surface area contributed by atoms with Gasteiger partial charge in [0.1, 0.15) is 5.75 Å². The van der Waals surface area contributed by atoms with E-state index < -0.39 is 11.8 Å². The monoisotopic (exact) mass is 425 g/mol. The average molecular weight is 426 g/mol. The Morgan fingerprint density at radius 2 is 1.48 bits per heavy atom. The molecule has 2 aromatic rings. The highest BCUT2D eigenvalue weighted by Gasteiger charge is 2.21. The lowest BCUT2D eigenvalue weighted by atomic mass is 9.97. The highest BCUT2D eigenvalue weighted by Crippen LogP contribution is 2.28. The van der Waals surface area contributed by atoms with Crippen molar-refractivity contribution in [1.29, 1.82) is 0 Å². The highest BCUT2D eigenvalue weighted by atomic mass is 16.5. The molecule has 0 unspecified atom stereocenters. The first-order valence-corrected chi connectivity index (χ1v) is 11.4. The molecule has 5 nitrogen and oxygen atoms in total. The van der Waals surface area contributed by atoms with Crippen LogP contribution in [0.3, 0.4) is 0 Å². The number of ketones is 1. The van der Waals surface area contributed by atoms with Crippen molar-refractivity contribution < 1.29 is 19.4 Å². The summed E-state index contributed by atoms with van der Waals surface area (Å²) in [5, 5.41) is 10.5. The van der Waals surface area contributed by atoms with Crippen LogP contribution in [0.4, 0.5) is 5.69 Å². The van der Waals surface area contributed by atoms with E-state index in [9.17, 15) is 14.7 Å². The fraction of sp³-hybridized carbons (Fsp3) is 0.462. The molecule has 0 aliphatic heterocycles. The van der Waals surface area contributed by atoms with E-state index in [4.69, 9.17) is 4.74 Å². The van der Waals surface area contributed by atoms with Crippen LogP contribution in [0.5, 0.6) is 5.75 Å². The minimum Gasteiger partial charge on any atom is -0.507 e. The molecule has 0 heterocycles. The topological polar surface area (TPSA) is 66.8 Å².